The standard InChI is InChI=1S/C22H22ClF2N5O2S/c1-29(23)33(31,32)28-19-10-12-30(13-11-19)20-14-26-21(15-2-6-17(24)7-3-15)22(27-20)16-4-8-18(25)9-5-16/h2-9,14,19,28H,10-13H2,1H3. The van der Waals surface area contributed by atoms with Gasteiger partial charge in [0.05, 0.1) is 17.6 Å². The fourth-order valence-corrected chi connectivity index (χ4v) is 4.59. The van der Waals surface area contributed by atoms with Crippen molar-refractivity contribution < 1.29 is 17.2 Å². The third kappa shape index (κ3) is 5.47. The van der Waals surface area contributed by atoms with Crippen LogP contribution in [-0.2, 0) is 10.2 Å². The number of aromatic nitrogens is 2. The van der Waals surface area contributed by atoms with Crippen LogP contribution in [0.15, 0.2) is 54.7 Å². The molecule has 174 valence electrons. The van der Waals surface area contributed by atoms with Gasteiger partial charge in [-0.25, -0.2) is 13.8 Å². The van der Waals surface area contributed by atoms with Gasteiger partial charge in [-0.15, -0.1) is 3.82 Å². The summed E-state index contributed by atoms with van der Waals surface area (Å²) in [4.78, 5) is 11.4. The van der Waals surface area contributed by atoms with Gasteiger partial charge in [0.2, 0.25) is 0 Å². The summed E-state index contributed by atoms with van der Waals surface area (Å²) >= 11 is 5.58. The smallest absolute Gasteiger partial charge is 0.292 e. The number of rotatable bonds is 6. The first kappa shape index (κ1) is 23.5. The molecule has 7 nitrogen and oxygen atoms in total. The molecule has 3 aromatic rings. The highest BCUT2D eigenvalue weighted by atomic mass is 35.5. The van der Waals surface area contributed by atoms with E-state index in [0.29, 0.717) is 58.1 Å². The molecule has 33 heavy (non-hydrogen) atoms. The Morgan fingerprint density at radius 2 is 1.48 bits per heavy atom. The van der Waals surface area contributed by atoms with E-state index in [2.05, 4.69) is 9.71 Å². The minimum atomic E-state index is -3.72. The predicted octanol–water partition coefficient (Wildman–Crippen LogP) is 3.98. The molecular weight excluding hydrogens is 472 g/mol. The SMILES string of the molecule is CN(Cl)S(=O)(=O)NC1CCN(c2cnc(-c3ccc(F)cc3)c(-c3ccc(F)cc3)n2)CC1. The third-order valence-electron chi connectivity index (χ3n) is 5.46. The molecule has 0 saturated carbocycles. The molecule has 0 radical (unpaired) electrons. The summed E-state index contributed by atoms with van der Waals surface area (Å²) in [6, 6.07) is 11.7. The minimum Gasteiger partial charge on any atom is -0.355 e. The predicted molar refractivity (Wildman–Crippen MR) is 124 cm³/mol. The maximum atomic E-state index is 13.5. The molecule has 0 aliphatic carbocycles. The molecule has 2 heterocycles. The largest absolute Gasteiger partial charge is 0.355 e. The van der Waals surface area contributed by atoms with Crippen molar-refractivity contribution in [3.8, 4) is 22.5 Å². The van der Waals surface area contributed by atoms with Crippen LogP contribution < -0.4 is 9.62 Å². The molecule has 1 aliphatic heterocycles. The number of nitrogens with one attached hydrogen (secondary N) is 1. The summed E-state index contributed by atoms with van der Waals surface area (Å²) in [6.07, 6.45) is 2.78. The lowest BCUT2D eigenvalue weighted by atomic mass is 10.0. The van der Waals surface area contributed by atoms with Crippen molar-refractivity contribution in [3.05, 3.63) is 66.4 Å². The van der Waals surface area contributed by atoms with Gasteiger partial charge in [0.15, 0.2) is 0 Å². The van der Waals surface area contributed by atoms with Crippen molar-refractivity contribution in [2.45, 2.75) is 18.9 Å². The van der Waals surface area contributed by atoms with Gasteiger partial charge in [-0.3, -0.25) is 4.98 Å². The molecule has 1 N–H and O–H groups in total. The summed E-state index contributed by atoms with van der Waals surface area (Å²) in [5.41, 5.74) is 2.47. The van der Waals surface area contributed by atoms with Crippen molar-refractivity contribution >= 4 is 27.8 Å². The number of hydrogen-bond donors (Lipinski definition) is 1. The maximum Gasteiger partial charge on any atom is 0.292 e. The summed E-state index contributed by atoms with van der Waals surface area (Å²) in [6.45, 7) is 1.12. The monoisotopic (exact) mass is 493 g/mol. The molecule has 0 amide bonds. The number of anilines is 1. The second kappa shape index (κ2) is 9.68. The Labute approximate surface area is 196 Å². The topological polar surface area (TPSA) is 78.4 Å². The zero-order chi connectivity index (χ0) is 23.6. The highest BCUT2D eigenvalue weighted by molar-refractivity contribution is 7.88. The molecular formula is C22H22ClF2N5O2S. The molecule has 0 unspecified atom stereocenters. The van der Waals surface area contributed by atoms with Crippen molar-refractivity contribution in [3.63, 3.8) is 0 Å². The summed E-state index contributed by atoms with van der Waals surface area (Å²) < 4.78 is 54.1. The Morgan fingerprint density at radius 1 is 0.970 bits per heavy atom. The molecule has 11 heteroatoms. The average molecular weight is 494 g/mol. The molecule has 1 aromatic heterocycles. The van der Waals surface area contributed by atoms with E-state index >= 15 is 0 Å². The first-order valence-electron chi connectivity index (χ1n) is 10.3. The average Bonchev–Trinajstić information content (AvgIpc) is 2.80. The van der Waals surface area contributed by atoms with E-state index in [1.54, 1.807) is 30.5 Å². The lowest BCUT2D eigenvalue weighted by Gasteiger charge is -2.33. The second-order valence-corrected chi connectivity index (χ2v) is 10.2. The van der Waals surface area contributed by atoms with Crippen LogP contribution >= 0.6 is 11.8 Å². The van der Waals surface area contributed by atoms with Gasteiger partial charge in [-0.1, -0.05) is 0 Å². The second-order valence-electron chi connectivity index (χ2n) is 7.71. The van der Waals surface area contributed by atoms with Crippen LogP contribution in [0.25, 0.3) is 22.5 Å². The Kier molecular flexibility index (Phi) is 6.89. The van der Waals surface area contributed by atoms with E-state index in [1.165, 1.54) is 31.3 Å². The molecule has 0 spiro atoms. The van der Waals surface area contributed by atoms with Crippen molar-refractivity contribution in [2.24, 2.45) is 0 Å². The van der Waals surface area contributed by atoms with E-state index in [4.69, 9.17) is 16.8 Å². The fraction of sp³-hybridized carbons (Fsp3) is 0.273. The van der Waals surface area contributed by atoms with E-state index in [1.807, 2.05) is 4.90 Å². The number of halogens is 3. The Balaban J connectivity index is 1.61. The minimum absolute atomic E-state index is 0.240. The lowest BCUT2D eigenvalue weighted by Crippen LogP contribution is -2.47. The van der Waals surface area contributed by atoms with Gasteiger partial charge in [0, 0.05) is 37.3 Å². The first-order chi connectivity index (χ1) is 15.7. The van der Waals surface area contributed by atoms with E-state index in [-0.39, 0.29) is 17.7 Å². The quantitative estimate of drug-likeness (QED) is 0.525. The van der Waals surface area contributed by atoms with Crippen LogP contribution in [0.5, 0.6) is 0 Å². The van der Waals surface area contributed by atoms with Crippen molar-refractivity contribution in [1.82, 2.24) is 18.5 Å². The van der Waals surface area contributed by atoms with Crippen molar-refractivity contribution in [1.29, 1.82) is 0 Å². The first-order valence-corrected chi connectivity index (χ1v) is 12.1. The van der Waals surface area contributed by atoms with Crippen LogP contribution in [0.1, 0.15) is 12.8 Å². The van der Waals surface area contributed by atoms with Gasteiger partial charge in [0.1, 0.15) is 17.5 Å². The van der Waals surface area contributed by atoms with Crippen LogP contribution in [0.2, 0.25) is 0 Å². The highest BCUT2D eigenvalue weighted by Gasteiger charge is 2.26. The van der Waals surface area contributed by atoms with Crippen molar-refractivity contribution in [2.75, 3.05) is 25.0 Å². The molecule has 1 aliphatic rings. The van der Waals surface area contributed by atoms with Crippen LogP contribution in [0.4, 0.5) is 14.6 Å². The lowest BCUT2D eigenvalue weighted by molar-refractivity contribution is 0.448. The Morgan fingerprint density at radius 3 is 2.00 bits per heavy atom. The molecule has 0 bridgehead atoms. The van der Waals surface area contributed by atoms with Gasteiger partial charge in [0.25, 0.3) is 10.2 Å². The Bertz CT molecular complexity index is 1220. The van der Waals surface area contributed by atoms with Gasteiger partial charge in [-0.2, -0.15) is 13.1 Å². The Hall–Kier alpha value is -2.66. The number of hydrogen-bond acceptors (Lipinski definition) is 5. The third-order valence-corrected chi connectivity index (χ3v) is 7.30. The summed E-state index contributed by atoms with van der Waals surface area (Å²) in [7, 11) is -2.46. The molecule has 0 atom stereocenters. The molecule has 1 fully saturated rings. The summed E-state index contributed by atoms with van der Waals surface area (Å²) in [5, 5.41) is 0. The fourth-order valence-electron chi connectivity index (χ4n) is 3.67. The van der Waals surface area contributed by atoms with Gasteiger partial charge in [-0.05, 0) is 73.1 Å². The van der Waals surface area contributed by atoms with Gasteiger partial charge >= 0.3 is 0 Å². The zero-order valence-corrected chi connectivity index (χ0v) is 19.3. The van der Waals surface area contributed by atoms with Crippen LogP contribution in [0, 0.1) is 11.6 Å². The number of benzene rings is 2. The molecule has 2 aromatic carbocycles. The number of nitrogens with zero attached hydrogens (tertiary/aromatic N) is 4. The van der Waals surface area contributed by atoms with Crippen LogP contribution in [0.3, 0.4) is 0 Å². The maximum absolute atomic E-state index is 13.5. The molecule has 4 rings (SSSR count). The van der Waals surface area contributed by atoms with E-state index in [9.17, 15) is 17.2 Å². The number of piperidine rings is 1. The molecule has 1 saturated heterocycles. The summed E-state index contributed by atoms with van der Waals surface area (Å²) in [5.74, 6) is -0.0974. The van der Waals surface area contributed by atoms with E-state index in [0.717, 1.165) is 0 Å². The highest BCUT2D eigenvalue weighted by Crippen LogP contribution is 2.31. The normalized spacial score (nSPS) is 15.2. The van der Waals surface area contributed by atoms with Crippen LogP contribution in [-0.4, -0.2) is 48.4 Å². The zero-order valence-electron chi connectivity index (χ0n) is 17.7. The van der Waals surface area contributed by atoms with Gasteiger partial charge < -0.3 is 4.90 Å². The van der Waals surface area contributed by atoms with E-state index < -0.39 is 10.2 Å².